The molecule has 0 saturated heterocycles. The van der Waals surface area contributed by atoms with E-state index in [2.05, 4.69) is 18.7 Å². The Bertz CT molecular complexity index is 188. The van der Waals surface area contributed by atoms with Gasteiger partial charge >= 0.3 is 0 Å². The largest absolute Gasteiger partial charge is 0.383 e. The number of hydrogen-bond acceptors (Lipinski definition) is 2. The van der Waals surface area contributed by atoms with E-state index in [1.54, 1.807) is 7.11 Å². The average Bonchev–Trinajstić information content (AvgIpc) is 2.93. The van der Waals surface area contributed by atoms with E-state index in [1.165, 1.54) is 12.8 Å². The molecule has 1 aliphatic carbocycles. The van der Waals surface area contributed by atoms with Crippen molar-refractivity contribution in [1.82, 2.24) is 4.90 Å². The maximum absolute atomic E-state index is 8.01. The summed E-state index contributed by atoms with van der Waals surface area (Å²) in [6.45, 7) is 6.96. The molecule has 0 heterocycles. The molecule has 0 spiro atoms. The molecule has 1 saturated carbocycles. The highest BCUT2D eigenvalue weighted by Crippen LogP contribution is 2.31. The van der Waals surface area contributed by atoms with Crippen molar-refractivity contribution in [2.75, 3.05) is 26.8 Å². The molecule has 0 bridgehead atoms. The normalized spacial score (nSPS) is 16.0. The first-order valence-electron chi connectivity index (χ1n) is 5.47. The van der Waals surface area contributed by atoms with Gasteiger partial charge in [-0.1, -0.05) is 13.8 Å². The van der Waals surface area contributed by atoms with Crippen LogP contribution < -0.4 is 0 Å². The molecule has 82 valence electrons. The summed E-state index contributed by atoms with van der Waals surface area (Å²) in [5, 5.41) is 8.01. The maximum Gasteiger partial charge on any atom is 0.0990 e. The monoisotopic (exact) mass is 198 g/mol. The zero-order valence-electron chi connectivity index (χ0n) is 9.55. The van der Waals surface area contributed by atoms with E-state index in [9.17, 15) is 0 Å². The van der Waals surface area contributed by atoms with Crippen LogP contribution in [0.5, 0.6) is 0 Å². The molecule has 0 unspecified atom stereocenters. The van der Waals surface area contributed by atoms with Crippen molar-refractivity contribution in [3.05, 3.63) is 0 Å². The highest BCUT2D eigenvalue weighted by molar-refractivity contribution is 5.83. The second kappa shape index (κ2) is 5.35. The van der Waals surface area contributed by atoms with Gasteiger partial charge in [0.05, 0.1) is 12.4 Å². The third-order valence-electron chi connectivity index (χ3n) is 2.46. The standard InChI is InChI=1S/C11H22N2O/c1-9(2)8-13(6-7-14-3)11(12)10-4-5-10/h9-10,12H,4-8H2,1-3H3. The Hall–Kier alpha value is -0.570. The van der Waals surface area contributed by atoms with Gasteiger partial charge in [0.15, 0.2) is 0 Å². The third-order valence-corrected chi connectivity index (χ3v) is 2.46. The fourth-order valence-electron chi connectivity index (χ4n) is 1.57. The zero-order chi connectivity index (χ0) is 10.6. The highest BCUT2D eigenvalue weighted by Gasteiger charge is 2.30. The molecular weight excluding hydrogens is 176 g/mol. The second-order valence-corrected chi connectivity index (χ2v) is 4.49. The van der Waals surface area contributed by atoms with E-state index in [1.807, 2.05) is 0 Å². The van der Waals surface area contributed by atoms with Crippen molar-refractivity contribution in [1.29, 1.82) is 5.41 Å². The molecule has 0 radical (unpaired) electrons. The molecule has 1 aliphatic rings. The van der Waals surface area contributed by atoms with Gasteiger partial charge in [-0.05, 0) is 18.8 Å². The lowest BCUT2D eigenvalue weighted by molar-refractivity contribution is 0.170. The molecule has 14 heavy (non-hydrogen) atoms. The van der Waals surface area contributed by atoms with Gasteiger partial charge in [-0.3, -0.25) is 5.41 Å². The molecule has 0 aromatic rings. The first-order chi connectivity index (χ1) is 6.65. The van der Waals surface area contributed by atoms with E-state index >= 15 is 0 Å². The summed E-state index contributed by atoms with van der Waals surface area (Å²) in [5.41, 5.74) is 0. The van der Waals surface area contributed by atoms with Crippen LogP contribution in [0.1, 0.15) is 26.7 Å². The van der Waals surface area contributed by atoms with Crippen LogP contribution in [0.4, 0.5) is 0 Å². The summed E-state index contributed by atoms with van der Waals surface area (Å²) in [6, 6.07) is 0. The summed E-state index contributed by atoms with van der Waals surface area (Å²) >= 11 is 0. The molecular formula is C11H22N2O. The smallest absolute Gasteiger partial charge is 0.0990 e. The molecule has 0 aromatic heterocycles. The first kappa shape index (κ1) is 11.5. The lowest BCUT2D eigenvalue weighted by Crippen LogP contribution is -2.37. The number of amidine groups is 1. The number of hydrogen-bond donors (Lipinski definition) is 1. The third kappa shape index (κ3) is 3.66. The molecule has 3 nitrogen and oxygen atoms in total. The summed E-state index contributed by atoms with van der Waals surface area (Å²) in [6.07, 6.45) is 2.42. The maximum atomic E-state index is 8.01. The van der Waals surface area contributed by atoms with Crippen LogP contribution in [0.2, 0.25) is 0 Å². The van der Waals surface area contributed by atoms with Gasteiger partial charge in [-0.2, -0.15) is 0 Å². The van der Waals surface area contributed by atoms with E-state index in [-0.39, 0.29) is 0 Å². The van der Waals surface area contributed by atoms with Crippen LogP contribution in [0, 0.1) is 17.2 Å². The molecule has 0 amide bonds. The van der Waals surface area contributed by atoms with E-state index < -0.39 is 0 Å². The summed E-state index contributed by atoms with van der Waals surface area (Å²) in [4.78, 5) is 2.17. The minimum Gasteiger partial charge on any atom is -0.383 e. The molecule has 1 N–H and O–H groups in total. The highest BCUT2D eigenvalue weighted by atomic mass is 16.5. The Labute approximate surface area is 86.9 Å². The topological polar surface area (TPSA) is 36.3 Å². The molecule has 1 fully saturated rings. The van der Waals surface area contributed by atoms with Crippen molar-refractivity contribution in [2.45, 2.75) is 26.7 Å². The average molecular weight is 198 g/mol. The Morgan fingerprint density at radius 2 is 2.14 bits per heavy atom. The number of nitrogens with one attached hydrogen (secondary N) is 1. The van der Waals surface area contributed by atoms with Crippen LogP contribution in [-0.4, -0.2) is 37.5 Å². The van der Waals surface area contributed by atoms with Crippen molar-refractivity contribution in [2.24, 2.45) is 11.8 Å². The Morgan fingerprint density at radius 1 is 1.50 bits per heavy atom. The summed E-state index contributed by atoms with van der Waals surface area (Å²) in [5.74, 6) is 1.99. The molecule has 0 aromatic carbocycles. The molecule has 1 rings (SSSR count). The second-order valence-electron chi connectivity index (χ2n) is 4.49. The lowest BCUT2D eigenvalue weighted by Gasteiger charge is -2.26. The first-order valence-corrected chi connectivity index (χ1v) is 5.47. The van der Waals surface area contributed by atoms with E-state index in [0.29, 0.717) is 11.8 Å². The van der Waals surface area contributed by atoms with E-state index in [0.717, 1.165) is 25.5 Å². The quantitative estimate of drug-likeness (QED) is 0.523. The zero-order valence-corrected chi connectivity index (χ0v) is 9.55. The van der Waals surface area contributed by atoms with Gasteiger partial charge in [0.25, 0.3) is 0 Å². The molecule has 0 aliphatic heterocycles. The van der Waals surface area contributed by atoms with Crippen LogP contribution in [0.3, 0.4) is 0 Å². The number of nitrogens with zero attached hydrogens (tertiary/aromatic N) is 1. The Balaban J connectivity index is 2.37. The number of methoxy groups -OCH3 is 1. The van der Waals surface area contributed by atoms with Gasteiger partial charge in [0, 0.05) is 26.1 Å². The Morgan fingerprint density at radius 3 is 2.57 bits per heavy atom. The summed E-state index contributed by atoms with van der Waals surface area (Å²) < 4.78 is 5.07. The van der Waals surface area contributed by atoms with Gasteiger partial charge in [0.2, 0.25) is 0 Å². The van der Waals surface area contributed by atoms with Gasteiger partial charge < -0.3 is 9.64 Å². The minimum absolute atomic E-state index is 0.547. The van der Waals surface area contributed by atoms with Crippen molar-refractivity contribution in [3.63, 3.8) is 0 Å². The fourth-order valence-corrected chi connectivity index (χ4v) is 1.57. The molecule has 0 atom stereocenters. The van der Waals surface area contributed by atoms with Gasteiger partial charge in [-0.25, -0.2) is 0 Å². The van der Waals surface area contributed by atoms with Gasteiger partial charge in [0.1, 0.15) is 0 Å². The van der Waals surface area contributed by atoms with Crippen molar-refractivity contribution >= 4 is 5.84 Å². The SMILES string of the molecule is COCCN(CC(C)C)C(=N)C1CC1. The van der Waals surface area contributed by atoms with Crippen molar-refractivity contribution in [3.8, 4) is 0 Å². The minimum atomic E-state index is 0.547. The van der Waals surface area contributed by atoms with Crippen molar-refractivity contribution < 1.29 is 4.74 Å². The van der Waals surface area contributed by atoms with Crippen LogP contribution in [-0.2, 0) is 4.74 Å². The van der Waals surface area contributed by atoms with Gasteiger partial charge in [-0.15, -0.1) is 0 Å². The molecule has 3 heteroatoms. The fraction of sp³-hybridized carbons (Fsp3) is 0.909. The lowest BCUT2D eigenvalue weighted by atomic mass is 10.2. The van der Waals surface area contributed by atoms with Crippen LogP contribution in [0.25, 0.3) is 0 Å². The van der Waals surface area contributed by atoms with Crippen LogP contribution >= 0.6 is 0 Å². The van der Waals surface area contributed by atoms with E-state index in [4.69, 9.17) is 10.1 Å². The summed E-state index contributed by atoms with van der Waals surface area (Å²) in [7, 11) is 1.72. The predicted molar refractivity (Wildman–Crippen MR) is 58.7 cm³/mol. The number of rotatable bonds is 6. The van der Waals surface area contributed by atoms with Crippen LogP contribution in [0.15, 0.2) is 0 Å². The predicted octanol–water partition coefficient (Wildman–Crippen LogP) is 1.98. The number of ether oxygens (including phenoxy) is 1. The Kier molecular flexibility index (Phi) is 4.39.